The highest BCUT2D eigenvalue weighted by Crippen LogP contribution is 2.16. The maximum absolute atomic E-state index is 4.99. The van der Waals surface area contributed by atoms with Gasteiger partial charge in [0.25, 0.3) is 0 Å². The highest BCUT2D eigenvalue weighted by molar-refractivity contribution is 5.55. The van der Waals surface area contributed by atoms with Crippen LogP contribution < -0.4 is 10.6 Å². The Balaban J connectivity index is 1.65. The molecule has 0 amide bonds. The van der Waals surface area contributed by atoms with Crippen molar-refractivity contribution < 1.29 is 4.52 Å². The molecule has 0 bridgehead atoms. The largest absolute Gasteiger partial charge is 0.366 e. The summed E-state index contributed by atoms with van der Waals surface area (Å²) in [6, 6.07) is 7.51. The Labute approximate surface area is 121 Å². The normalized spacial score (nSPS) is 10.3. The van der Waals surface area contributed by atoms with Gasteiger partial charge in [-0.1, -0.05) is 5.16 Å². The van der Waals surface area contributed by atoms with Crippen LogP contribution in [-0.4, -0.2) is 20.1 Å². The molecule has 0 radical (unpaired) electrons. The van der Waals surface area contributed by atoms with Gasteiger partial charge in [0, 0.05) is 31.1 Å². The topological polar surface area (TPSA) is 88.8 Å². The Kier molecular flexibility index (Phi) is 3.72. The Morgan fingerprint density at radius 2 is 1.86 bits per heavy atom. The van der Waals surface area contributed by atoms with Gasteiger partial charge in [0.2, 0.25) is 0 Å². The van der Waals surface area contributed by atoms with Crippen molar-refractivity contribution in [2.75, 3.05) is 10.6 Å². The zero-order chi connectivity index (χ0) is 14.5. The van der Waals surface area contributed by atoms with Crippen molar-refractivity contribution in [1.82, 2.24) is 20.1 Å². The zero-order valence-electron chi connectivity index (χ0n) is 11.4. The van der Waals surface area contributed by atoms with E-state index in [9.17, 15) is 0 Å². The third-order valence-electron chi connectivity index (χ3n) is 2.77. The molecule has 3 aromatic heterocycles. The molecule has 0 aliphatic rings. The second-order valence-corrected chi connectivity index (χ2v) is 4.45. The molecule has 0 spiro atoms. The molecule has 0 aliphatic carbocycles. The van der Waals surface area contributed by atoms with Gasteiger partial charge in [-0.15, -0.1) is 0 Å². The number of rotatable bonds is 5. The summed E-state index contributed by atoms with van der Waals surface area (Å²) in [5.41, 5.74) is 1.13. The van der Waals surface area contributed by atoms with Crippen LogP contribution in [0.1, 0.15) is 11.3 Å². The first kappa shape index (κ1) is 13.0. The summed E-state index contributed by atoms with van der Waals surface area (Å²) in [4.78, 5) is 12.3. The van der Waals surface area contributed by atoms with Gasteiger partial charge in [-0.05, 0) is 24.6 Å². The van der Waals surface area contributed by atoms with Crippen LogP contribution >= 0.6 is 0 Å². The van der Waals surface area contributed by atoms with Crippen LogP contribution in [0, 0.1) is 6.92 Å². The van der Waals surface area contributed by atoms with E-state index in [1.54, 1.807) is 18.5 Å². The first-order chi connectivity index (χ1) is 10.3. The minimum absolute atomic E-state index is 0.617. The molecule has 106 valence electrons. The number of nitrogens with zero attached hydrogens (tertiary/aromatic N) is 4. The van der Waals surface area contributed by atoms with Crippen molar-refractivity contribution in [3.05, 3.63) is 54.3 Å². The maximum Gasteiger partial charge on any atom is 0.175 e. The fourth-order valence-electron chi connectivity index (χ4n) is 1.77. The fraction of sp³-hybridized carbons (Fsp3) is 0.143. The minimum atomic E-state index is 0.617. The van der Waals surface area contributed by atoms with Gasteiger partial charge in [0.15, 0.2) is 5.82 Å². The molecule has 7 heteroatoms. The van der Waals surface area contributed by atoms with Crippen LogP contribution in [0.3, 0.4) is 0 Å². The Morgan fingerprint density at radius 1 is 1.05 bits per heavy atom. The third-order valence-corrected chi connectivity index (χ3v) is 2.77. The predicted octanol–water partition coefficient (Wildman–Crippen LogP) is 2.52. The molecular weight excluding hydrogens is 268 g/mol. The van der Waals surface area contributed by atoms with E-state index in [0.29, 0.717) is 18.2 Å². The second kappa shape index (κ2) is 6.00. The van der Waals surface area contributed by atoms with Crippen molar-refractivity contribution in [1.29, 1.82) is 0 Å². The minimum Gasteiger partial charge on any atom is -0.366 e. The Bertz CT molecular complexity index is 712. The van der Waals surface area contributed by atoms with Gasteiger partial charge in [-0.3, -0.25) is 4.98 Å². The quantitative estimate of drug-likeness (QED) is 0.743. The summed E-state index contributed by atoms with van der Waals surface area (Å²) >= 11 is 0. The first-order valence-electron chi connectivity index (χ1n) is 6.45. The van der Waals surface area contributed by atoms with Crippen molar-refractivity contribution >= 4 is 17.5 Å². The van der Waals surface area contributed by atoms with Gasteiger partial charge < -0.3 is 15.2 Å². The molecule has 0 unspecified atom stereocenters. The van der Waals surface area contributed by atoms with Gasteiger partial charge >= 0.3 is 0 Å². The average Bonchev–Trinajstić information content (AvgIpc) is 2.92. The summed E-state index contributed by atoms with van der Waals surface area (Å²) in [7, 11) is 0. The lowest BCUT2D eigenvalue weighted by Crippen LogP contribution is -2.03. The lowest BCUT2D eigenvalue weighted by Gasteiger charge is -2.07. The molecule has 7 nitrogen and oxygen atoms in total. The van der Waals surface area contributed by atoms with E-state index in [2.05, 4.69) is 30.7 Å². The van der Waals surface area contributed by atoms with Gasteiger partial charge in [-0.25, -0.2) is 9.97 Å². The molecule has 3 rings (SSSR count). The van der Waals surface area contributed by atoms with E-state index >= 15 is 0 Å². The van der Waals surface area contributed by atoms with Crippen molar-refractivity contribution in [3.8, 4) is 0 Å². The summed E-state index contributed by atoms with van der Waals surface area (Å²) in [6.07, 6.45) is 5.01. The molecule has 0 aliphatic heterocycles. The highest BCUT2D eigenvalue weighted by Gasteiger charge is 2.03. The van der Waals surface area contributed by atoms with Crippen molar-refractivity contribution in [2.24, 2.45) is 0 Å². The number of nitrogens with one attached hydrogen (secondary N) is 2. The summed E-state index contributed by atoms with van der Waals surface area (Å²) in [5, 5.41) is 10.1. The molecule has 3 heterocycles. The van der Waals surface area contributed by atoms with Gasteiger partial charge in [-0.2, -0.15) is 0 Å². The smallest absolute Gasteiger partial charge is 0.175 e. The predicted molar refractivity (Wildman–Crippen MR) is 78.1 cm³/mol. The van der Waals surface area contributed by atoms with E-state index in [1.165, 1.54) is 6.33 Å². The molecule has 0 saturated carbocycles. The molecule has 0 saturated heterocycles. The highest BCUT2D eigenvalue weighted by atomic mass is 16.5. The molecule has 2 N–H and O–H groups in total. The number of hydrogen-bond donors (Lipinski definition) is 2. The summed E-state index contributed by atoms with van der Waals surface area (Å²) < 4.78 is 4.99. The van der Waals surface area contributed by atoms with E-state index in [4.69, 9.17) is 4.52 Å². The Morgan fingerprint density at radius 3 is 2.62 bits per heavy atom. The zero-order valence-corrected chi connectivity index (χ0v) is 11.4. The van der Waals surface area contributed by atoms with Crippen molar-refractivity contribution in [2.45, 2.75) is 13.5 Å². The van der Waals surface area contributed by atoms with E-state index in [1.807, 2.05) is 25.1 Å². The van der Waals surface area contributed by atoms with Crippen molar-refractivity contribution in [3.63, 3.8) is 0 Å². The molecule has 0 atom stereocenters. The number of pyridine rings is 1. The van der Waals surface area contributed by atoms with Crippen LogP contribution in [0.5, 0.6) is 0 Å². The molecule has 0 aromatic carbocycles. The lowest BCUT2D eigenvalue weighted by atomic mass is 10.3. The SMILES string of the molecule is Cc1cc(Nc2cc(NCc3ccncc3)ncn2)no1. The van der Waals surface area contributed by atoms with Crippen LogP contribution in [0.4, 0.5) is 17.5 Å². The summed E-state index contributed by atoms with van der Waals surface area (Å²) in [6.45, 7) is 2.50. The third kappa shape index (κ3) is 3.53. The van der Waals surface area contributed by atoms with Crippen LogP contribution in [0.2, 0.25) is 0 Å². The average molecular weight is 282 g/mol. The van der Waals surface area contributed by atoms with Gasteiger partial charge in [0.1, 0.15) is 23.7 Å². The molecule has 21 heavy (non-hydrogen) atoms. The standard InChI is InChI=1S/C14H14N6O/c1-10-6-14(20-21-10)19-13-7-12(17-9-18-13)16-8-11-2-4-15-5-3-11/h2-7,9H,8H2,1H3,(H2,16,17,18,19,20). The number of anilines is 3. The second-order valence-electron chi connectivity index (χ2n) is 4.45. The van der Waals surface area contributed by atoms with Crippen LogP contribution in [-0.2, 0) is 6.54 Å². The lowest BCUT2D eigenvalue weighted by molar-refractivity contribution is 0.400. The summed E-state index contributed by atoms with van der Waals surface area (Å²) in [5.74, 6) is 2.73. The molecular formula is C14H14N6O. The monoisotopic (exact) mass is 282 g/mol. The number of aromatic nitrogens is 4. The van der Waals surface area contributed by atoms with E-state index in [0.717, 1.165) is 17.1 Å². The fourth-order valence-corrected chi connectivity index (χ4v) is 1.77. The first-order valence-corrected chi connectivity index (χ1v) is 6.45. The van der Waals surface area contributed by atoms with E-state index < -0.39 is 0 Å². The van der Waals surface area contributed by atoms with Crippen LogP contribution in [0.15, 0.2) is 47.5 Å². The number of aryl methyl sites for hydroxylation is 1. The van der Waals surface area contributed by atoms with E-state index in [-0.39, 0.29) is 0 Å². The number of hydrogen-bond acceptors (Lipinski definition) is 7. The van der Waals surface area contributed by atoms with Gasteiger partial charge in [0.05, 0.1) is 0 Å². The van der Waals surface area contributed by atoms with Crippen LogP contribution in [0.25, 0.3) is 0 Å². The molecule has 0 fully saturated rings. The maximum atomic E-state index is 4.99. The molecule has 3 aromatic rings. The Hall–Kier alpha value is -2.96.